The summed E-state index contributed by atoms with van der Waals surface area (Å²) >= 11 is 0. The van der Waals surface area contributed by atoms with Gasteiger partial charge >= 0.3 is 6.18 Å². The molecule has 0 spiro atoms. The molecule has 2 aromatic rings. The number of para-hydroxylation sites is 2. The Bertz CT molecular complexity index is 879. The molecule has 2 amide bonds. The highest BCUT2D eigenvalue weighted by Crippen LogP contribution is 2.28. The van der Waals surface area contributed by atoms with Gasteiger partial charge in [-0.3, -0.25) is 9.59 Å². The van der Waals surface area contributed by atoms with E-state index < -0.39 is 12.8 Å². The summed E-state index contributed by atoms with van der Waals surface area (Å²) in [6.45, 7) is -0.459. The fourth-order valence-corrected chi connectivity index (χ4v) is 3.54. The van der Waals surface area contributed by atoms with Crippen LogP contribution < -0.4 is 10.1 Å². The van der Waals surface area contributed by atoms with E-state index in [4.69, 9.17) is 4.74 Å². The van der Waals surface area contributed by atoms with E-state index in [1.807, 2.05) is 30.3 Å². The van der Waals surface area contributed by atoms with Gasteiger partial charge in [0, 0.05) is 25.4 Å². The number of rotatable bonds is 7. The van der Waals surface area contributed by atoms with E-state index in [2.05, 4.69) is 5.32 Å². The number of likely N-dealkylation sites (tertiary alicyclic amines) is 1. The summed E-state index contributed by atoms with van der Waals surface area (Å²) in [4.78, 5) is 26.8. The molecule has 0 radical (unpaired) electrons. The lowest BCUT2D eigenvalue weighted by Crippen LogP contribution is -2.41. The molecule has 0 aliphatic carbocycles. The SMILES string of the molecule is O=C(Nc1ccccc1OCC(F)(F)F)C1CCN(C(=O)CCc2ccccc2)CC1. The molecule has 1 aliphatic rings. The van der Waals surface area contributed by atoms with Crippen LogP contribution in [0.25, 0.3) is 0 Å². The van der Waals surface area contributed by atoms with E-state index in [0.717, 1.165) is 5.56 Å². The van der Waals surface area contributed by atoms with E-state index in [1.165, 1.54) is 12.1 Å². The van der Waals surface area contributed by atoms with E-state index in [0.29, 0.717) is 38.8 Å². The summed E-state index contributed by atoms with van der Waals surface area (Å²) in [5.41, 5.74) is 1.31. The molecule has 0 bridgehead atoms. The molecule has 3 rings (SSSR count). The lowest BCUT2D eigenvalue weighted by Gasteiger charge is -2.31. The number of alkyl halides is 3. The van der Waals surface area contributed by atoms with Gasteiger partial charge < -0.3 is 15.0 Å². The minimum Gasteiger partial charge on any atom is -0.482 e. The third kappa shape index (κ3) is 7.01. The lowest BCUT2D eigenvalue weighted by molar-refractivity contribution is -0.153. The number of hydrogen-bond acceptors (Lipinski definition) is 3. The quantitative estimate of drug-likeness (QED) is 0.701. The third-order valence-corrected chi connectivity index (χ3v) is 5.23. The maximum absolute atomic E-state index is 12.6. The topological polar surface area (TPSA) is 58.6 Å². The molecule has 0 saturated carbocycles. The zero-order chi connectivity index (χ0) is 22.3. The molecule has 2 aromatic carbocycles. The number of amides is 2. The first-order chi connectivity index (χ1) is 14.8. The van der Waals surface area contributed by atoms with E-state index in [1.54, 1.807) is 17.0 Å². The number of aryl methyl sites for hydroxylation is 1. The molecule has 1 saturated heterocycles. The molecule has 8 heteroatoms. The van der Waals surface area contributed by atoms with Crippen molar-refractivity contribution in [2.24, 2.45) is 5.92 Å². The number of benzene rings is 2. The van der Waals surface area contributed by atoms with Gasteiger partial charge in [-0.1, -0.05) is 42.5 Å². The summed E-state index contributed by atoms with van der Waals surface area (Å²) < 4.78 is 42.1. The van der Waals surface area contributed by atoms with Crippen LogP contribution in [0.1, 0.15) is 24.8 Å². The fourth-order valence-electron chi connectivity index (χ4n) is 3.54. The van der Waals surface area contributed by atoms with Crippen molar-refractivity contribution < 1.29 is 27.5 Å². The third-order valence-electron chi connectivity index (χ3n) is 5.23. The van der Waals surface area contributed by atoms with Crippen molar-refractivity contribution in [3.8, 4) is 5.75 Å². The van der Waals surface area contributed by atoms with Gasteiger partial charge in [-0.05, 0) is 37.0 Å². The lowest BCUT2D eigenvalue weighted by atomic mass is 9.95. The molecule has 0 aromatic heterocycles. The summed E-state index contributed by atoms with van der Waals surface area (Å²) in [6.07, 6.45) is -2.35. The van der Waals surface area contributed by atoms with Gasteiger partial charge in [-0.15, -0.1) is 0 Å². The predicted octanol–water partition coefficient (Wildman–Crippen LogP) is 4.44. The van der Waals surface area contributed by atoms with Gasteiger partial charge in [0.25, 0.3) is 0 Å². The monoisotopic (exact) mass is 434 g/mol. The number of carbonyl (C=O) groups is 2. The number of nitrogens with one attached hydrogen (secondary N) is 1. The van der Waals surface area contributed by atoms with Gasteiger partial charge in [-0.2, -0.15) is 13.2 Å². The number of halogens is 3. The highest BCUT2D eigenvalue weighted by atomic mass is 19.4. The molecule has 1 N–H and O–H groups in total. The van der Waals surface area contributed by atoms with Crippen LogP contribution >= 0.6 is 0 Å². The number of hydrogen-bond donors (Lipinski definition) is 1. The molecular weight excluding hydrogens is 409 g/mol. The molecule has 1 aliphatic heterocycles. The second-order valence-electron chi connectivity index (χ2n) is 7.53. The van der Waals surface area contributed by atoms with Crippen molar-refractivity contribution in [2.45, 2.75) is 31.9 Å². The van der Waals surface area contributed by atoms with E-state index >= 15 is 0 Å². The van der Waals surface area contributed by atoms with E-state index in [9.17, 15) is 22.8 Å². The first-order valence-electron chi connectivity index (χ1n) is 10.2. The summed E-state index contributed by atoms with van der Waals surface area (Å²) in [5.74, 6) is -0.552. The summed E-state index contributed by atoms with van der Waals surface area (Å²) in [5, 5.41) is 2.67. The number of piperidine rings is 1. The van der Waals surface area contributed by atoms with Crippen LogP contribution in [0, 0.1) is 5.92 Å². The van der Waals surface area contributed by atoms with Crippen molar-refractivity contribution in [2.75, 3.05) is 25.0 Å². The molecule has 1 heterocycles. The van der Waals surface area contributed by atoms with Crippen molar-refractivity contribution >= 4 is 17.5 Å². The van der Waals surface area contributed by atoms with Crippen molar-refractivity contribution in [1.29, 1.82) is 0 Å². The van der Waals surface area contributed by atoms with Gasteiger partial charge in [-0.25, -0.2) is 0 Å². The van der Waals surface area contributed by atoms with Crippen LogP contribution in [0.5, 0.6) is 5.75 Å². The smallest absolute Gasteiger partial charge is 0.422 e. The predicted molar refractivity (Wildman–Crippen MR) is 111 cm³/mol. The van der Waals surface area contributed by atoms with Gasteiger partial charge in [0.2, 0.25) is 11.8 Å². The Morgan fingerprint density at radius 2 is 1.65 bits per heavy atom. The van der Waals surface area contributed by atoms with Crippen LogP contribution in [0.15, 0.2) is 54.6 Å². The molecule has 0 atom stereocenters. The summed E-state index contributed by atoms with van der Waals surface area (Å²) in [6, 6.07) is 15.8. The largest absolute Gasteiger partial charge is 0.482 e. The fraction of sp³-hybridized carbons (Fsp3) is 0.391. The standard InChI is InChI=1S/C23H25F3N2O3/c24-23(25,26)16-31-20-9-5-4-8-19(20)27-22(30)18-12-14-28(15-13-18)21(29)11-10-17-6-2-1-3-7-17/h1-9,18H,10-16H2,(H,27,30). The van der Waals surface area contributed by atoms with Crippen molar-refractivity contribution in [3.63, 3.8) is 0 Å². The number of ether oxygens (including phenoxy) is 1. The van der Waals surface area contributed by atoms with Crippen LogP contribution in [-0.2, 0) is 16.0 Å². The van der Waals surface area contributed by atoms with E-state index in [-0.39, 0.29) is 29.2 Å². The van der Waals surface area contributed by atoms with Crippen LogP contribution in [0.2, 0.25) is 0 Å². The van der Waals surface area contributed by atoms with Gasteiger partial charge in [0.05, 0.1) is 5.69 Å². The summed E-state index contributed by atoms with van der Waals surface area (Å²) in [7, 11) is 0. The minimum atomic E-state index is -4.46. The van der Waals surface area contributed by atoms with Gasteiger partial charge in [0.1, 0.15) is 5.75 Å². The average Bonchev–Trinajstić information content (AvgIpc) is 2.77. The molecule has 166 valence electrons. The molecule has 5 nitrogen and oxygen atoms in total. The Morgan fingerprint density at radius 1 is 1.00 bits per heavy atom. The maximum Gasteiger partial charge on any atom is 0.422 e. The minimum absolute atomic E-state index is 0.0262. The van der Waals surface area contributed by atoms with Crippen molar-refractivity contribution in [1.82, 2.24) is 4.90 Å². The zero-order valence-corrected chi connectivity index (χ0v) is 17.0. The number of carbonyl (C=O) groups excluding carboxylic acids is 2. The normalized spacial score (nSPS) is 14.9. The second-order valence-corrected chi connectivity index (χ2v) is 7.53. The maximum atomic E-state index is 12.6. The highest BCUT2D eigenvalue weighted by Gasteiger charge is 2.30. The molecular formula is C23H25F3N2O3. The number of nitrogens with zero attached hydrogens (tertiary/aromatic N) is 1. The Balaban J connectivity index is 1.48. The first kappa shape index (κ1) is 22.7. The Kier molecular flexibility index (Phi) is 7.55. The zero-order valence-electron chi connectivity index (χ0n) is 17.0. The average molecular weight is 434 g/mol. The van der Waals surface area contributed by atoms with Crippen LogP contribution in [0.3, 0.4) is 0 Å². The molecule has 1 fully saturated rings. The Labute approximate surface area is 179 Å². The van der Waals surface area contributed by atoms with Crippen LogP contribution in [-0.4, -0.2) is 42.6 Å². The van der Waals surface area contributed by atoms with Crippen molar-refractivity contribution in [3.05, 3.63) is 60.2 Å². The van der Waals surface area contributed by atoms with Crippen LogP contribution in [0.4, 0.5) is 18.9 Å². The molecule has 31 heavy (non-hydrogen) atoms. The Morgan fingerprint density at radius 3 is 2.32 bits per heavy atom. The highest BCUT2D eigenvalue weighted by molar-refractivity contribution is 5.94. The molecule has 0 unspecified atom stereocenters. The van der Waals surface area contributed by atoms with Gasteiger partial charge in [0.15, 0.2) is 6.61 Å². The number of anilines is 1. The first-order valence-corrected chi connectivity index (χ1v) is 10.2. The Hall–Kier alpha value is -3.03. The second kappa shape index (κ2) is 10.3.